The highest BCUT2D eigenvalue weighted by atomic mass is 16.6. The van der Waals surface area contributed by atoms with Crippen LogP contribution in [-0.4, -0.2) is 28.9 Å². The van der Waals surface area contributed by atoms with E-state index in [4.69, 9.17) is 4.74 Å². The highest BCUT2D eigenvalue weighted by Crippen LogP contribution is 2.19. The molecule has 0 saturated heterocycles. The van der Waals surface area contributed by atoms with Crippen LogP contribution in [0.25, 0.3) is 0 Å². The van der Waals surface area contributed by atoms with Crippen molar-refractivity contribution in [1.82, 2.24) is 5.32 Å². The fourth-order valence-corrected chi connectivity index (χ4v) is 1.48. The summed E-state index contributed by atoms with van der Waals surface area (Å²) >= 11 is 0. The first-order valence-electron chi connectivity index (χ1n) is 5.14. The van der Waals surface area contributed by atoms with E-state index in [2.05, 4.69) is 5.32 Å². The van der Waals surface area contributed by atoms with Crippen LogP contribution in [0.4, 0.5) is 4.79 Å². The van der Waals surface area contributed by atoms with Gasteiger partial charge in [-0.25, -0.2) is 4.79 Å². The Bertz CT molecular complexity index is 278. The van der Waals surface area contributed by atoms with E-state index in [1.807, 2.05) is 13.0 Å². The van der Waals surface area contributed by atoms with Crippen LogP contribution >= 0.6 is 0 Å². The molecule has 2 atom stereocenters. The number of hydrogen-bond acceptors (Lipinski definition) is 3. The van der Waals surface area contributed by atoms with Crippen LogP contribution < -0.4 is 5.32 Å². The van der Waals surface area contributed by atoms with Crippen molar-refractivity contribution in [2.45, 2.75) is 51.9 Å². The average Bonchev–Trinajstić information content (AvgIpc) is 2.32. The minimum absolute atomic E-state index is 0.250. The van der Waals surface area contributed by atoms with Gasteiger partial charge in [0.1, 0.15) is 5.60 Å². The van der Waals surface area contributed by atoms with E-state index in [1.54, 1.807) is 20.8 Å². The first kappa shape index (κ1) is 12.0. The van der Waals surface area contributed by atoms with Crippen LogP contribution in [0.3, 0.4) is 0 Å². The lowest BCUT2D eigenvalue weighted by atomic mass is 10.1. The van der Waals surface area contributed by atoms with Gasteiger partial charge in [-0.3, -0.25) is 0 Å². The van der Waals surface area contributed by atoms with Crippen LogP contribution in [-0.2, 0) is 4.74 Å². The molecule has 0 aromatic carbocycles. The third kappa shape index (κ3) is 3.55. The zero-order chi connectivity index (χ0) is 11.6. The molecule has 0 heterocycles. The summed E-state index contributed by atoms with van der Waals surface area (Å²) in [6, 6.07) is -0.250. The number of alkyl carbamates (subject to hydrolysis) is 1. The molecular weight excluding hydrogens is 194 g/mol. The highest BCUT2D eigenvalue weighted by Gasteiger charge is 2.28. The summed E-state index contributed by atoms with van der Waals surface area (Å²) < 4.78 is 5.10. The van der Waals surface area contributed by atoms with Crippen molar-refractivity contribution < 1.29 is 14.6 Å². The topological polar surface area (TPSA) is 58.6 Å². The van der Waals surface area contributed by atoms with Crippen molar-refractivity contribution in [3.63, 3.8) is 0 Å². The molecule has 0 aromatic heterocycles. The normalized spacial score (nSPS) is 26.1. The Labute approximate surface area is 90.3 Å². The van der Waals surface area contributed by atoms with Gasteiger partial charge in [0.05, 0.1) is 12.1 Å². The summed E-state index contributed by atoms with van der Waals surface area (Å²) in [4.78, 5) is 11.4. The molecule has 0 unspecified atom stereocenters. The molecule has 15 heavy (non-hydrogen) atoms. The molecule has 86 valence electrons. The second-order valence-corrected chi connectivity index (χ2v) is 4.88. The SMILES string of the molecule is CC1=CC[C@H](NC(=O)OC(C)(C)C)[C@@H]1O. The molecule has 4 nitrogen and oxygen atoms in total. The number of nitrogens with one attached hydrogen (secondary N) is 1. The van der Waals surface area contributed by atoms with Crippen molar-refractivity contribution in [3.8, 4) is 0 Å². The molecule has 0 aromatic rings. The molecule has 1 aliphatic carbocycles. The lowest BCUT2D eigenvalue weighted by molar-refractivity contribution is 0.0460. The highest BCUT2D eigenvalue weighted by molar-refractivity contribution is 5.68. The number of amides is 1. The second-order valence-electron chi connectivity index (χ2n) is 4.88. The van der Waals surface area contributed by atoms with Crippen molar-refractivity contribution in [2.24, 2.45) is 0 Å². The molecule has 0 spiro atoms. The first-order valence-corrected chi connectivity index (χ1v) is 5.14. The maximum atomic E-state index is 11.4. The van der Waals surface area contributed by atoms with E-state index in [-0.39, 0.29) is 6.04 Å². The summed E-state index contributed by atoms with van der Waals surface area (Å²) in [7, 11) is 0. The van der Waals surface area contributed by atoms with Crippen molar-refractivity contribution in [1.29, 1.82) is 0 Å². The molecule has 2 N–H and O–H groups in total. The minimum Gasteiger partial charge on any atom is -0.444 e. The Hall–Kier alpha value is -1.03. The summed E-state index contributed by atoms with van der Waals surface area (Å²) in [6.45, 7) is 7.27. The third-order valence-electron chi connectivity index (χ3n) is 2.24. The molecule has 0 bridgehead atoms. The molecular formula is C11H19NO3. The van der Waals surface area contributed by atoms with Crippen LogP contribution in [0.1, 0.15) is 34.1 Å². The Morgan fingerprint density at radius 1 is 1.60 bits per heavy atom. The molecule has 4 heteroatoms. The van der Waals surface area contributed by atoms with E-state index >= 15 is 0 Å². The number of aliphatic hydroxyl groups is 1. The van der Waals surface area contributed by atoms with E-state index in [9.17, 15) is 9.90 Å². The molecule has 1 amide bonds. The fourth-order valence-electron chi connectivity index (χ4n) is 1.48. The summed E-state index contributed by atoms with van der Waals surface area (Å²) in [5.74, 6) is 0. The fraction of sp³-hybridized carbons (Fsp3) is 0.727. The zero-order valence-corrected chi connectivity index (χ0v) is 9.70. The Morgan fingerprint density at radius 2 is 2.20 bits per heavy atom. The van der Waals surface area contributed by atoms with E-state index in [0.29, 0.717) is 6.42 Å². The van der Waals surface area contributed by atoms with Crippen molar-refractivity contribution >= 4 is 6.09 Å². The summed E-state index contributed by atoms with van der Waals surface area (Å²) in [6.07, 6.45) is 1.52. The van der Waals surface area contributed by atoms with E-state index in [0.717, 1.165) is 5.57 Å². The molecule has 0 aliphatic heterocycles. The predicted octanol–water partition coefficient (Wildman–Crippen LogP) is 1.59. The first-order chi connectivity index (χ1) is 6.79. The lowest BCUT2D eigenvalue weighted by Crippen LogP contribution is -2.43. The molecule has 0 radical (unpaired) electrons. The van der Waals surface area contributed by atoms with Gasteiger partial charge >= 0.3 is 6.09 Å². The van der Waals surface area contributed by atoms with Crippen LogP contribution in [0.5, 0.6) is 0 Å². The summed E-state index contributed by atoms with van der Waals surface area (Å²) in [5, 5.41) is 12.3. The van der Waals surface area contributed by atoms with Crippen molar-refractivity contribution in [2.75, 3.05) is 0 Å². The van der Waals surface area contributed by atoms with Gasteiger partial charge < -0.3 is 15.2 Å². The van der Waals surface area contributed by atoms with Gasteiger partial charge in [-0.2, -0.15) is 0 Å². The number of hydrogen-bond donors (Lipinski definition) is 2. The van der Waals surface area contributed by atoms with Crippen LogP contribution in [0, 0.1) is 0 Å². The number of rotatable bonds is 1. The zero-order valence-electron chi connectivity index (χ0n) is 9.70. The minimum atomic E-state index is -0.586. The van der Waals surface area contributed by atoms with Gasteiger partial charge in [0.25, 0.3) is 0 Å². The Morgan fingerprint density at radius 3 is 2.60 bits per heavy atom. The molecule has 0 fully saturated rings. The molecule has 0 saturated carbocycles. The number of carbonyl (C=O) groups excluding carboxylic acids is 1. The Balaban J connectivity index is 2.41. The van der Waals surface area contributed by atoms with Crippen LogP contribution in [0.2, 0.25) is 0 Å². The van der Waals surface area contributed by atoms with Crippen molar-refractivity contribution in [3.05, 3.63) is 11.6 Å². The van der Waals surface area contributed by atoms with Gasteiger partial charge in [-0.05, 0) is 39.7 Å². The second kappa shape index (κ2) is 4.23. The Kier molecular flexibility index (Phi) is 3.39. The van der Waals surface area contributed by atoms with Gasteiger partial charge in [-0.1, -0.05) is 6.08 Å². The van der Waals surface area contributed by atoms with Gasteiger partial charge in [0, 0.05) is 0 Å². The monoisotopic (exact) mass is 213 g/mol. The predicted molar refractivity (Wildman–Crippen MR) is 57.5 cm³/mol. The molecule has 1 rings (SSSR count). The largest absolute Gasteiger partial charge is 0.444 e. The van der Waals surface area contributed by atoms with E-state index in [1.165, 1.54) is 0 Å². The maximum absolute atomic E-state index is 11.4. The summed E-state index contributed by atoms with van der Waals surface area (Å²) in [5.41, 5.74) is 0.395. The number of aliphatic hydroxyl groups excluding tert-OH is 1. The standard InChI is InChI=1S/C11H19NO3/c1-7-5-6-8(9(7)13)12-10(14)15-11(2,3)4/h5,8-9,13H,6H2,1-4H3,(H,12,14)/t8-,9+/m0/s1. The maximum Gasteiger partial charge on any atom is 0.407 e. The van der Waals surface area contributed by atoms with Gasteiger partial charge in [-0.15, -0.1) is 0 Å². The van der Waals surface area contributed by atoms with Gasteiger partial charge in [0.2, 0.25) is 0 Å². The number of carbonyl (C=O) groups is 1. The van der Waals surface area contributed by atoms with Crippen LogP contribution in [0.15, 0.2) is 11.6 Å². The lowest BCUT2D eigenvalue weighted by Gasteiger charge is -2.23. The smallest absolute Gasteiger partial charge is 0.407 e. The molecule has 1 aliphatic rings. The van der Waals surface area contributed by atoms with E-state index < -0.39 is 17.8 Å². The third-order valence-corrected chi connectivity index (χ3v) is 2.24. The average molecular weight is 213 g/mol. The number of ether oxygens (including phenoxy) is 1. The van der Waals surface area contributed by atoms with Gasteiger partial charge in [0.15, 0.2) is 0 Å². The quantitative estimate of drug-likeness (QED) is 0.650.